The number of hydrogen-bond acceptors (Lipinski definition) is 3. The molecule has 0 saturated carbocycles. The Balaban J connectivity index is 2.54. The van der Waals surface area contributed by atoms with Crippen LogP contribution in [0.5, 0.6) is 0 Å². The number of carboxylic acids is 1. The largest absolute Gasteiger partial charge is 0.480 e. The monoisotopic (exact) mass is 223 g/mol. The van der Waals surface area contributed by atoms with Crippen molar-refractivity contribution in [1.82, 2.24) is 5.32 Å². The van der Waals surface area contributed by atoms with Crippen LogP contribution >= 0.6 is 0 Å². The number of carbonyl (C=O) groups is 1. The van der Waals surface area contributed by atoms with Gasteiger partial charge in [0, 0.05) is 6.54 Å². The second kappa shape index (κ2) is 6.25. The Hall–Kier alpha value is -1.39. The van der Waals surface area contributed by atoms with Crippen LogP contribution in [0.15, 0.2) is 30.3 Å². The molecule has 0 aliphatic rings. The lowest BCUT2D eigenvalue weighted by Gasteiger charge is -2.19. The zero-order valence-corrected chi connectivity index (χ0v) is 9.26. The Labute approximate surface area is 94.9 Å². The lowest BCUT2D eigenvalue weighted by Crippen LogP contribution is -2.45. The minimum absolute atomic E-state index is 0.415. The van der Waals surface area contributed by atoms with E-state index in [0.717, 1.165) is 5.56 Å². The first kappa shape index (κ1) is 12.7. The van der Waals surface area contributed by atoms with Crippen molar-refractivity contribution in [3.8, 4) is 0 Å². The highest BCUT2D eigenvalue weighted by atomic mass is 16.4. The zero-order valence-electron chi connectivity index (χ0n) is 9.26. The van der Waals surface area contributed by atoms with Gasteiger partial charge in [-0.25, -0.2) is 0 Å². The molecule has 0 unspecified atom stereocenters. The second-order valence-electron chi connectivity index (χ2n) is 3.66. The maximum atomic E-state index is 10.9. The summed E-state index contributed by atoms with van der Waals surface area (Å²) in [6.45, 7) is 2.19. The van der Waals surface area contributed by atoms with Crippen molar-refractivity contribution in [2.75, 3.05) is 0 Å². The third-order valence-corrected chi connectivity index (χ3v) is 2.44. The summed E-state index contributed by atoms with van der Waals surface area (Å²) in [4.78, 5) is 10.9. The van der Waals surface area contributed by atoms with E-state index in [2.05, 4.69) is 5.32 Å². The van der Waals surface area contributed by atoms with Gasteiger partial charge in [-0.15, -0.1) is 0 Å². The van der Waals surface area contributed by atoms with Crippen LogP contribution in [0.3, 0.4) is 0 Å². The Kier molecular flexibility index (Phi) is 4.95. The first-order valence-electron chi connectivity index (χ1n) is 5.33. The van der Waals surface area contributed by atoms with Crippen molar-refractivity contribution < 1.29 is 15.0 Å². The van der Waals surface area contributed by atoms with Gasteiger partial charge in [0.1, 0.15) is 6.04 Å². The Morgan fingerprint density at radius 3 is 2.50 bits per heavy atom. The molecule has 3 N–H and O–H groups in total. The highest BCUT2D eigenvalue weighted by Crippen LogP contribution is 2.02. The van der Waals surface area contributed by atoms with Gasteiger partial charge in [0.15, 0.2) is 0 Å². The predicted octanol–water partition coefficient (Wildman–Crippen LogP) is 1.00. The van der Waals surface area contributed by atoms with Gasteiger partial charge in [0.2, 0.25) is 0 Å². The molecule has 1 rings (SSSR count). The average Bonchev–Trinajstić information content (AvgIpc) is 2.30. The lowest BCUT2D eigenvalue weighted by molar-refractivity contribution is -0.142. The number of nitrogens with one attached hydrogen (secondary N) is 1. The number of benzene rings is 1. The van der Waals surface area contributed by atoms with E-state index in [-0.39, 0.29) is 0 Å². The summed E-state index contributed by atoms with van der Waals surface area (Å²) in [6.07, 6.45) is -0.445. The summed E-state index contributed by atoms with van der Waals surface area (Å²) in [5.41, 5.74) is 0.997. The molecule has 0 heterocycles. The van der Waals surface area contributed by atoms with E-state index < -0.39 is 18.1 Å². The molecule has 1 aromatic rings. The van der Waals surface area contributed by atoms with Crippen LogP contribution < -0.4 is 5.32 Å². The molecule has 88 valence electrons. The van der Waals surface area contributed by atoms with E-state index in [4.69, 9.17) is 5.11 Å². The van der Waals surface area contributed by atoms with Gasteiger partial charge in [-0.1, -0.05) is 37.3 Å². The summed E-state index contributed by atoms with van der Waals surface area (Å²) in [6, 6.07) is 8.59. The van der Waals surface area contributed by atoms with E-state index in [0.29, 0.717) is 13.0 Å². The number of hydrogen-bond donors (Lipinski definition) is 3. The lowest BCUT2D eigenvalue weighted by atomic mass is 10.1. The molecule has 1 aromatic carbocycles. The van der Waals surface area contributed by atoms with E-state index in [9.17, 15) is 9.90 Å². The number of carboxylic acid groups (broad SMARTS) is 1. The summed E-state index contributed by atoms with van der Waals surface area (Å²) in [5.74, 6) is -1.02. The first-order chi connectivity index (χ1) is 7.65. The Morgan fingerprint density at radius 2 is 2.00 bits per heavy atom. The van der Waals surface area contributed by atoms with Gasteiger partial charge < -0.3 is 10.2 Å². The van der Waals surface area contributed by atoms with Crippen LogP contribution in [0.4, 0.5) is 0 Å². The van der Waals surface area contributed by atoms with Crippen molar-refractivity contribution in [1.29, 1.82) is 0 Å². The smallest absolute Gasteiger partial charge is 0.323 e. The van der Waals surface area contributed by atoms with Gasteiger partial charge in [-0.05, 0) is 12.0 Å². The van der Waals surface area contributed by atoms with Gasteiger partial charge >= 0.3 is 5.97 Å². The molecule has 0 fully saturated rings. The molecule has 0 bridgehead atoms. The minimum Gasteiger partial charge on any atom is -0.480 e. The van der Waals surface area contributed by atoms with E-state index in [1.165, 1.54) is 0 Å². The van der Waals surface area contributed by atoms with Crippen LogP contribution in [-0.4, -0.2) is 28.3 Å². The molecule has 4 nitrogen and oxygen atoms in total. The molecule has 16 heavy (non-hydrogen) atoms. The molecular weight excluding hydrogens is 206 g/mol. The topological polar surface area (TPSA) is 69.6 Å². The highest BCUT2D eigenvalue weighted by molar-refractivity contribution is 5.74. The van der Waals surface area contributed by atoms with Crippen LogP contribution in [-0.2, 0) is 11.3 Å². The number of aliphatic hydroxyl groups is 1. The van der Waals surface area contributed by atoms with Gasteiger partial charge in [0.25, 0.3) is 0 Å². The normalized spacial score (nSPS) is 14.4. The summed E-state index contributed by atoms with van der Waals surface area (Å²) >= 11 is 0. The van der Waals surface area contributed by atoms with Crippen molar-refractivity contribution in [3.05, 3.63) is 35.9 Å². The second-order valence-corrected chi connectivity index (χ2v) is 3.66. The van der Waals surface area contributed by atoms with Gasteiger partial charge in [-0.2, -0.15) is 0 Å². The Bertz CT molecular complexity index is 326. The van der Waals surface area contributed by atoms with Crippen LogP contribution in [0, 0.1) is 0 Å². The van der Waals surface area contributed by atoms with E-state index in [1.54, 1.807) is 6.92 Å². The molecule has 0 amide bonds. The first-order valence-corrected chi connectivity index (χ1v) is 5.33. The van der Waals surface area contributed by atoms with Crippen molar-refractivity contribution >= 4 is 5.97 Å². The molecule has 0 aromatic heterocycles. The molecule has 2 atom stereocenters. The van der Waals surface area contributed by atoms with Crippen LogP contribution in [0.25, 0.3) is 0 Å². The van der Waals surface area contributed by atoms with Gasteiger partial charge in [-0.3, -0.25) is 10.1 Å². The predicted molar refractivity (Wildman–Crippen MR) is 61.0 cm³/mol. The SMILES string of the molecule is CC[C@@H](O)[C@@H](NCc1ccccc1)C(=O)O. The molecular formula is C12H17NO3. The van der Waals surface area contributed by atoms with Crippen molar-refractivity contribution in [2.45, 2.75) is 32.0 Å². The molecule has 0 spiro atoms. The zero-order chi connectivity index (χ0) is 12.0. The van der Waals surface area contributed by atoms with Gasteiger partial charge in [0.05, 0.1) is 6.10 Å². The average molecular weight is 223 g/mol. The quantitative estimate of drug-likeness (QED) is 0.673. The van der Waals surface area contributed by atoms with Crippen molar-refractivity contribution in [2.24, 2.45) is 0 Å². The fourth-order valence-electron chi connectivity index (χ4n) is 1.45. The van der Waals surface area contributed by atoms with Crippen LogP contribution in [0.2, 0.25) is 0 Å². The minimum atomic E-state index is -1.02. The standard InChI is InChI=1S/C12H17NO3/c1-2-10(14)11(12(15)16)13-8-9-6-4-3-5-7-9/h3-7,10-11,13-14H,2,8H2,1H3,(H,15,16)/t10-,11-/m1/s1. The Morgan fingerprint density at radius 1 is 1.38 bits per heavy atom. The molecule has 0 radical (unpaired) electrons. The summed E-state index contributed by atoms with van der Waals surface area (Å²) < 4.78 is 0. The molecule has 0 saturated heterocycles. The summed E-state index contributed by atoms with van der Waals surface area (Å²) in [7, 11) is 0. The highest BCUT2D eigenvalue weighted by Gasteiger charge is 2.24. The van der Waals surface area contributed by atoms with E-state index in [1.807, 2.05) is 30.3 Å². The number of aliphatic hydroxyl groups excluding tert-OH is 1. The maximum absolute atomic E-state index is 10.9. The fourth-order valence-corrected chi connectivity index (χ4v) is 1.45. The molecule has 4 heteroatoms. The molecule has 0 aliphatic heterocycles. The van der Waals surface area contributed by atoms with Crippen LogP contribution in [0.1, 0.15) is 18.9 Å². The fraction of sp³-hybridized carbons (Fsp3) is 0.417. The van der Waals surface area contributed by atoms with Crippen molar-refractivity contribution in [3.63, 3.8) is 0 Å². The third-order valence-electron chi connectivity index (χ3n) is 2.44. The summed E-state index contributed by atoms with van der Waals surface area (Å²) in [5, 5.41) is 21.3. The third kappa shape index (κ3) is 3.64. The number of rotatable bonds is 6. The maximum Gasteiger partial charge on any atom is 0.323 e. The number of aliphatic carboxylic acids is 1. The van der Waals surface area contributed by atoms with E-state index >= 15 is 0 Å². The molecule has 0 aliphatic carbocycles.